The predicted molar refractivity (Wildman–Crippen MR) is 59.1 cm³/mol. The first kappa shape index (κ1) is 12.3. The second-order valence-electron chi connectivity index (χ2n) is 3.08. The standard InChI is InChI=1S/C10H15N3O3/c1-2-16-8-4-3-5-12-10(8)13-6-7(14)9(11)15/h3-5,7,14H,2,6H2,1H3,(H2,11,15)(H,12,13). The Kier molecular flexibility index (Phi) is 4.53. The molecule has 6 nitrogen and oxygen atoms in total. The summed E-state index contributed by atoms with van der Waals surface area (Å²) in [6.45, 7) is 2.38. The number of hydrogen-bond acceptors (Lipinski definition) is 5. The minimum absolute atomic E-state index is 0.00637. The molecular weight excluding hydrogens is 210 g/mol. The molecule has 1 unspecified atom stereocenters. The summed E-state index contributed by atoms with van der Waals surface area (Å²) in [6.07, 6.45) is 0.345. The fraction of sp³-hybridized carbons (Fsp3) is 0.400. The highest BCUT2D eigenvalue weighted by Crippen LogP contribution is 2.20. The number of aliphatic hydroxyl groups excluding tert-OH is 1. The number of nitrogens with one attached hydrogen (secondary N) is 1. The van der Waals surface area contributed by atoms with E-state index < -0.39 is 12.0 Å². The Morgan fingerprint density at radius 1 is 1.75 bits per heavy atom. The molecule has 1 aromatic rings. The van der Waals surface area contributed by atoms with Crippen LogP contribution in [0.25, 0.3) is 0 Å². The molecule has 0 aromatic carbocycles. The lowest BCUT2D eigenvalue weighted by Crippen LogP contribution is -2.34. The van der Waals surface area contributed by atoms with Crippen LogP contribution < -0.4 is 15.8 Å². The van der Waals surface area contributed by atoms with E-state index in [1.54, 1.807) is 18.3 Å². The molecule has 0 saturated heterocycles. The molecule has 6 heteroatoms. The van der Waals surface area contributed by atoms with Crippen molar-refractivity contribution in [2.75, 3.05) is 18.5 Å². The zero-order valence-electron chi connectivity index (χ0n) is 9.01. The number of amides is 1. The van der Waals surface area contributed by atoms with Crippen molar-refractivity contribution in [2.24, 2.45) is 5.73 Å². The molecule has 1 rings (SSSR count). The summed E-state index contributed by atoms with van der Waals surface area (Å²) in [7, 11) is 0. The number of aromatic nitrogens is 1. The number of rotatable bonds is 6. The summed E-state index contributed by atoms with van der Waals surface area (Å²) in [5.74, 6) is 0.271. The van der Waals surface area contributed by atoms with Gasteiger partial charge < -0.3 is 20.9 Å². The summed E-state index contributed by atoms with van der Waals surface area (Å²) in [6, 6.07) is 3.48. The Bertz CT molecular complexity index is 357. The van der Waals surface area contributed by atoms with Gasteiger partial charge in [0.2, 0.25) is 5.91 Å². The van der Waals surface area contributed by atoms with Gasteiger partial charge in [0.05, 0.1) is 13.2 Å². The highest BCUT2D eigenvalue weighted by molar-refractivity contribution is 5.79. The van der Waals surface area contributed by atoms with E-state index in [4.69, 9.17) is 10.5 Å². The molecule has 1 atom stereocenters. The molecule has 0 aliphatic heterocycles. The van der Waals surface area contributed by atoms with E-state index in [1.165, 1.54) is 0 Å². The second-order valence-corrected chi connectivity index (χ2v) is 3.08. The average Bonchev–Trinajstić information content (AvgIpc) is 2.27. The van der Waals surface area contributed by atoms with Gasteiger partial charge >= 0.3 is 0 Å². The second kappa shape index (κ2) is 5.92. The maximum absolute atomic E-state index is 10.6. The number of primary amides is 1. The molecule has 0 aliphatic rings. The third-order valence-electron chi connectivity index (χ3n) is 1.86. The van der Waals surface area contributed by atoms with E-state index in [9.17, 15) is 9.90 Å². The Labute approximate surface area is 93.4 Å². The highest BCUT2D eigenvalue weighted by atomic mass is 16.5. The van der Waals surface area contributed by atoms with Crippen LogP contribution in [-0.2, 0) is 4.79 Å². The molecule has 1 amide bonds. The van der Waals surface area contributed by atoms with E-state index in [0.29, 0.717) is 18.2 Å². The number of aliphatic hydroxyl groups is 1. The molecule has 4 N–H and O–H groups in total. The first-order chi connectivity index (χ1) is 7.65. The van der Waals surface area contributed by atoms with Crippen molar-refractivity contribution in [3.63, 3.8) is 0 Å². The van der Waals surface area contributed by atoms with Crippen LogP contribution >= 0.6 is 0 Å². The summed E-state index contributed by atoms with van der Waals surface area (Å²) in [5.41, 5.74) is 4.92. The Morgan fingerprint density at radius 3 is 3.12 bits per heavy atom. The van der Waals surface area contributed by atoms with Crippen LogP contribution in [0.1, 0.15) is 6.92 Å². The molecule has 1 aromatic heterocycles. The molecule has 0 fully saturated rings. The third kappa shape index (κ3) is 3.39. The molecule has 0 aliphatic carbocycles. The van der Waals surface area contributed by atoms with E-state index in [1.807, 2.05) is 6.92 Å². The Hall–Kier alpha value is -1.82. The van der Waals surface area contributed by atoms with Gasteiger partial charge in [-0.1, -0.05) is 0 Å². The van der Waals surface area contributed by atoms with Crippen molar-refractivity contribution in [3.05, 3.63) is 18.3 Å². The zero-order valence-corrected chi connectivity index (χ0v) is 9.01. The van der Waals surface area contributed by atoms with E-state index >= 15 is 0 Å². The Balaban J connectivity index is 2.62. The fourth-order valence-electron chi connectivity index (χ4n) is 1.09. The fourth-order valence-corrected chi connectivity index (χ4v) is 1.09. The van der Waals surface area contributed by atoms with Gasteiger partial charge in [-0.25, -0.2) is 4.98 Å². The summed E-state index contributed by atoms with van der Waals surface area (Å²) < 4.78 is 5.31. The van der Waals surface area contributed by atoms with Crippen LogP contribution in [0, 0.1) is 0 Å². The van der Waals surface area contributed by atoms with Gasteiger partial charge in [0, 0.05) is 6.20 Å². The molecule has 0 bridgehead atoms. The van der Waals surface area contributed by atoms with Crippen LogP contribution in [0.2, 0.25) is 0 Å². The number of carbonyl (C=O) groups is 1. The minimum atomic E-state index is -1.24. The van der Waals surface area contributed by atoms with Crippen LogP contribution in [0.15, 0.2) is 18.3 Å². The Morgan fingerprint density at radius 2 is 2.50 bits per heavy atom. The lowest BCUT2D eigenvalue weighted by molar-refractivity contribution is -0.125. The van der Waals surface area contributed by atoms with Gasteiger partial charge in [0.25, 0.3) is 0 Å². The monoisotopic (exact) mass is 225 g/mol. The SMILES string of the molecule is CCOc1cccnc1NCC(O)C(N)=O. The average molecular weight is 225 g/mol. The first-order valence-electron chi connectivity index (χ1n) is 4.94. The van der Waals surface area contributed by atoms with Crippen molar-refractivity contribution in [1.29, 1.82) is 0 Å². The molecule has 1 heterocycles. The topological polar surface area (TPSA) is 97.5 Å². The largest absolute Gasteiger partial charge is 0.490 e. The predicted octanol–water partition coefficient (Wildman–Crippen LogP) is -0.262. The van der Waals surface area contributed by atoms with Crippen LogP contribution in [-0.4, -0.2) is 35.3 Å². The van der Waals surface area contributed by atoms with Crippen LogP contribution in [0.4, 0.5) is 5.82 Å². The van der Waals surface area contributed by atoms with Crippen molar-refractivity contribution < 1.29 is 14.6 Å². The maximum Gasteiger partial charge on any atom is 0.248 e. The quantitative estimate of drug-likeness (QED) is 0.619. The maximum atomic E-state index is 10.6. The lowest BCUT2D eigenvalue weighted by atomic mass is 10.3. The van der Waals surface area contributed by atoms with E-state index in [2.05, 4.69) is 10.3 Å². The number of pyridine rings is 1. The number of hydrogen-bond donors (Lipinski definition) is 3. The first-order valence-corrected chi connectivity index (χ1v) is 4.94. The van der Waals surface area contributed by atoms with Crippen LogP contribution in [0.5, 0.6) is 5.75 Å². The molecular formula is C10H15N3O3. The van der Waals surface area contributed by atoms with Gasteiger partial charge in [-0.15, -0.1) is 0 Å². The number of nitrogens with zero attached hydrogens (tertiary/aromatic N) is 1. The van der Waals surface area contributed by atoms with Gasteiger partial charge in [0.15, 0.2) is 11.6 Å². The number of nitrogens with two attached hydrogens (primary N) is 1. The highest BCUT2D eigenvalue weighted by Gasteiger charge is 2.11. The molecule has 0 saturated carbocycles. The summed E-state index contributed by atoms with van der Waals surface area (Å²) >= 11 is 0. The van der Waals surface area contributed by atoms with Gasteiger partial charge in [-0.05, 0) is 19.1 Å². The number of anilines is 1. The van der Waals surface area contributed by atoms with Gasteiger partial charge in [-0.3, -0.25) is 4.79 Å². The smallest absolute Gasteiger partial charge is 0.248 e. The number of ether oxygens (including phenoxy) is 1. The normalized spacial score (nSPS) is 11.9. The minimum Gasteiger partial charge on any atom is -0.490 e. The third-order valence-corrected chi connectivity index (χ3v) is 1.86. The zero-order chi connectivity index (χ0) is 12.0. The lowest BCUT2D eigenvalue weighted by Gasteiger charge is -2.12. The van der Waals surface area contributed by atoms with Gasteiger partial charge in [0.1, 0.15) is 6.10 Å². The van der Waals surface area contributed by atoms with E-state index in [0.717, 1.165) is 0 Å². The molecule has 0 radical (unpaired) electrons. The number of carbonyl (C=O) groups excluding carboxylic acids is 1. The van der Waals surface area contributed by atoms with Crippen molar-refractivity contribution in [1.82, 2.24) is 4.98 Å². The molecule has 0 spiro atoms. The summed E-state index contributed by atoms with van der Waals surface area (Å²) in [5, 5.41) is 12.0. The van der Waals surface area contributed by atoms with Crippen molar-refractivity contribution in [2.45, 2.75) is 13.0 Å². The summed E-state index contributed by atoms with van der Waals surface area (Å²) in [4.78, 5) is 14.6. The van der Waals surface area contributed by atoms with Crippen molar-refractivity contribution in [3.8, 4) is 5.75 Å². The molecule has 16 heavy (non-hydrogen) atoms. The van der Waals surface area contributed by atoms with Crippen LogP contribution in [0.3, 0.4) is 0 Å². The van der Waals surface area contributed by atoms with Crippen molar-refractivity contribution >= 4 is 11.7 Å². The van der Waals surface area contributed by atoms with Gasteiger partial charge in [-0.2, -0.15) is 0 Å². The van der Waals surface area contributed by atoms with E-state index in [-0.39, 0.29) is 6.54 Å². The molecule has 88 valence electrons.